The number of fused-ring (bicyclic) bond motifs is 3. The standard InChI is InChI=1S/C23H23N3O6/c1-31-12-11-25-21(29)17-7-2-3-8-18(17)26-19(27)9-10-23(25,26)22(30)32-14-15-5-4-6-16(13-15)20(24)28/h2-8,13H,9-12,14H2,1H3,(H2,24,28). The van der Waals surface area contributed by atoms with Gasteiger partial charge in [-0.25, -0.2) is 4.79 Å². The quantitative estimate of drug-likeness (QED) is 0.655. The summed E-state index contributed by atoms with van der Waals surface area (Å²) in [6, 6.07) is 13.1. The van der Waals surface area contributed by atoms with Crippen molar-refractivity contribution in [3.05, 3.63) is 65.2 Å². The van der Waals surface area contributed by atoms with Crippen LogP contribution in [0.3, 0.4) is 0 Å². The number of benzene rings is 2. The molecule has 32 heavy (non-hydrogen) atoms. The Labute approximate surface area is 184 Å². The van der Waals surface area contributed by atoms with Gasteiger partial charge >= 0.3 is 5.97 Å². The van der Waals surface area contributed by atoms with Crippen LogP contribution in [0.25, 0.3) is 0 Å². The molecule has 2 aromatic carbocycles. The van der Waals surface area contributed by atoms with Gasteiger partial charge in [-0.2, -0.15) is 0 Å². The zero-order valence-electron chi connectivity index (χ0n) is 17.6. The van der Waals surface area contributed by atoms with Crippen LogP contribution in [0.2, 0.25) is 0 Å². The molecule has 4 rings (SSSR count). The lowest BCUT2D eigenvalue weighted by Gasteiger charge is -2.48. The van der Waals surface area contributed by atoms with Gasteiger partial charge in [0.25, 0.3) is 5.91 Å². The van der Waals surface area contributed by atoms with Crippen molar-refractivity contribution in [2.45, 2.75) is 25.1 Å². The highest BCUT2D eigenvalue weighted by Crippen LogP contribution is 2.45. The fraction of sp³-hybridized carbons (Fsp3) is 0.304. The first kappa shape index (κ1) is 21.5. The van der Waals surface area contributed by atoms with Crippen LogP contribution in [0.1, 0.15) is 39.1 Å². The second-order valence-electron chi connectivity index (χ2n) is 7.65. The van der Waals surface area contributed by atoms with Crippen LogP contribution in [0.15, 0.2) is 48.5 Å². The molecule has 0 aromatic heterocycles. The van der Waals surface area contributed by atoms with Crippen molar-refractivity contribution in [1.29, 1.82) is 0 Å². The van der Waals surface area contributed by atoms with Crippen molar-refractivity contribution in [2.75, 3.05) is 25.2 Å². The second kappa shape index (κ2) is 8.43. The van der Waals surface area contributed by atoms with E-state index in [0.717, 1.165) is 0 Å². The first-order chi connectivity index (χ1) is 15.4. The topological polar surface area (TPSA) is 119 Å². The number of nitrogens with zero attached hydrogens (tertiary/aromatic N) is 2. The fourth-order valence-electron chi connectivity index (χ4n) is 4.31. The Morgan fingerprint density at radius 2 is 1.91 bits per heavy atom. The normalized spacial score (nSPS) is 19.5. The van der Waals surface area contributed by atoms with Gasteiger partial charge in [0, 0.05) is 32.1 Å². The van der Waals surface area contributed by atoms with E-state index < -0.39 is 17.5 Å². The number of ether oxygens (including phenoxy) is 2. The maximum atomic E-state index is 13.5. The zero-order valence-corrected chi connectivity index (χ0v) is 17.6. The molecule has 166 valence electrons. The summed E-state index contributed by atoms with van der Waals surface area (Å²) in [6.45, 7) is 0.156. The van der Waals surface area contributed by atoms with E-state index in [1.165, 1.54) is 23.0 Å². The average Bonchev–Trinajstić information content (AvgIpc) is 3.16. The SMILES string of the molecule is COCCN1C(=O)c2ccccc2N2C(=O)CCC12C(=O)OCc1cccc(C(N)=O)c1. The molecule has 3 amide bonds. The number of hydrogen-bond acceptors (Lipinski definition) is 6. The zero-order chi connectivity index (χ0) is 22.9. The Bertz CT molecular complexity index is 1100. The number of carbonyl (C=O) groups is 4. The van der Waals surface area contributed by atoms with E-state index >= 15 is 0 Å². The van der Waals surface area contributed by atoms with E-state index in [2.05, 4.69) is 0 Å². The minimum Gasteiger partial charge on any atom is -0.458 e. The number of amides is 3. The predicted octanol–water partition coefficient (Wildman–Crippen LogP) is 1.45. The van der Waals surface area contributed by atoms with Crippen molar-refractivity contribution in [1.82, 2.24) is 4.90 Å². The molecule has 2 N–H and O–H groups in total. The largest absolute Gasteiger partial charge is 0.458 e. The molecular formula is C23H23N3O6. The lowest BCUT2D eigenvalue weighted by atomic mass is 9.96. The van der Waals surface area contributed by atoms with Crippen LogP contribution in [0.4, 0.5) is 5.69 Å². The molecule has 0 saturated carbocycles. The summed E-state index contributed by atoms with van der Waals surface area (Å²) in [5, 5.41) is 0. The Morgan fingerprint density at radius 1 is 1.12 bits per heavy atom. The molecule has 2 heterocycles. The van der Waals surface area contributed by atoms with Crippen LogP contribution >= 0.6 is 0 Å². The van der Waals surface area contributed by atoms with Gasteiger partial charge in [0.05, 0.1) is 17.9 Å². The van der Waals surface area contributed by atoms with Crippen LogP contribution in [-0.4, -0.2) is 54.5 Å². The van der Waals surface area contributed by atoms with Crippen LogP contribution in [0, 0.1) is 0 Å². The summed E-state index contributed by atoms with van der Waals surface area (Å²) in [6.07, 6.45) is 0.202. The minimum atomic E-state index is -1.59. The van der Waals surface area contributed by atoms with Gasteiger partial charge in [-0.1, -0.05) is 24.3 Å². The number of esters is 1. The molecule has 9 nitrogen and oxygen atoms in total. The molecule has 0 aliphatic carbocycles. The summed E-state index contributed by atoms with van der Waals surface area (Å²) in [5.74, 6) is -1.94. The van der Waals surface area contributed by atoms with Crippen LogP contribution in [-0.2, 0) is 25.7 Å². The Morgan fingerprint density at radius 3 is 2.66 bits per heavy atom. The predicted molar refractivity (Wildman–Crippen MR) is 114 cm³/mol. The van der Waals surface area contributed by atoms with Crippen molar-refractivity contribution >= 4 is 29.4 Å². The third kappa shape index (κ3) is 3.40. The number of carbonyl (C=O) groups excluding carboxylic acids is 4. The Balaban J connectivity index is 1.70. The van der Waals surface area contributed by atoms with E-state index in [1.807, 2.05) is 0 Å². The molecule has 9 heteroatoms. The minimum absolute atomic E-state index is 0.0946. The number of rotatable bonds is 7. The molecule has 2 aliphatic heterocycles. The number of nitrogens with two attached hydrogens (primary N) is 1. The summed E-state index contributed by atoms with van der Waals surface area (Å²) < 4.78 is 10.8. The van der Waals surface area contributed by atoms with Crippen LogP contribution < -0.4 is 10.6 Å². The second-order valence-corrected chi connectivity index (χ2v) is 7.65. The molecule has 2 aromatic rings. The molecule has 1 atom stereocenters. The summed E-state index contributed by atoms with van der Waals surface area (Å²) in [5.41, 5.74) is 5.31. The molecule has 0 bridgehead atoms. The van der Waals surface area contributed by atoms with E-state index in [9.17, 15) is 19.2 Å². The van der Waals surface area contributed by atoms with Crippen LogP contribution in [0.5, 0.6) is 0 Å². The van der Waals surface area contributed by atoms with Gasteiger partial charge in [0.2, 0.25) is 17.5 Å². The van der Waals surface area contributed by atoms with E-state index in [1.54, 1.807) is 42.5 Å². The van der Waals surface area contributed by atoms with Gasteiger partial charge in [-0.05, 0) is 29.8 Å². The van der Waals surface area contributed by atoms with Gasteiger partial charge in [0.15, 0.2) is 0 Å². The maximum Gasteiger partial charge on any atom is 0.354 e. The molecule has 0 spiro atoms. The molecule has 2 aliphatic rings. The summed E-state index contributed by atoms with van der Waals surface area (Å²) >= 11 is 0. The number of methoxy groups -OCH3 is 1. The first-order valence-electron chi connectivity index (χ1n) is 10.2. The number of primary amides is 1. The third-order valence-corrected chi connectivity index (χ3v) is 5.80. The summed E-state index contributed by atoms with van der Waals surface area (Å²) in [4.78, 5) is 54.0. The van der Waals surface area contributed by atoms with Crippen molar-refractivity contribution in [3.8, 4) is 0 Å². The highest BCUT2D eigenvalue weighted by atomic mass is 16.5. The smallest absolute Gasteiger partial charge is 0.354 e. The van der Waals surface area contributed by atoms with Gasteiger partial charge in [-0.15, -0.1) is 0 Å². The first-order valence-corrected chi connectivity index (χ1v) is 10.2. The highest BCUT2D eigenvalue weighted by Gasteiger charge is 2.61. The maximum absolute atomic E-state index is 13.5. The number of para-hydroxylation sites is 1. The molecule has 1 saturated heterocycles. The van der Waals surface area contributed by atoms with Crippen molar-refractivity contribution in [3.63, 3.8) is 0 Å². The highest BCUT2D eigenvalue weighted by molar-refractivity contribution is 6.15. The lowest BCUT2D eigenvalue weighted by Crippen LogP contribution is -2.68. The van der Waals surface area contributed by atoms with Gasteiger partial charge in [0.1, 0.15) is 6.61 Å². The van der Waals surface area contributed by atoms with E-state index in [0.29, 0.717) is 16.8 Å². The molecule has 1 unspecified atom stereocenters. The number of hydrogen-bond donors (Lipinski definition) is 1. The lowest BCUT2D eigenvalue weighted by molar-refractivity contribution is -0.159. The van der Waals surface area contributed by atoms with Crippen molar-refractivity contribution in [2.24, 2.45) is 5.73 Å². The molecular weight excluding hydrogens is 414 g/mol. The Hall–Kier alpha value is -3.72. The average molecular weight is 437 g/mol. The van der Waals surface area contributed by atoms with E-state index in [-0.39, 0.29) is 50.0 Å². The van der Waals surface area contributed by atoms with E-state index in [4.69, 9.17) is 15.2 Å². The van der Waals surface area contributed by atoms with Crippen molar-refractivity contribution < 1.29 is 28.7 Å². The monoisotopic (exact) mass is 437 g/mol. The number of anilines is 1. The summed E-state index contributed by atoms with van der Waals surface area (Å²) in [7, 11) is 1.50. The Kier molecular flexibility index (Phi) is 5.67. The third-order valence-electron chi connectivity index (χ3n) is 5.80. The molecule has 1 fully saturated rings. The fourth-order valence-corrected chi connectivity index (χ4v) is 4.31. The van der Waals surface area contributed by atoms with Gasteiger partial charge in [-0.3, -0.25) is 19.3 Å². The van der Waals surface area contributed by atoms with Gasteiger partial charge < -0.3 is 20.1 Å². The molecule has 0 radical (unpaired) electrons.